The van der Waals surface area contributed by atoms with Crippen molar-refractivity contribution < 1.29 is 14.3 Å². The minimum atomic E-state index is -0.481. The summed E-state index contributed by atoms with van der Waals surface area (Å²) in [5.74, 6) is -0.515. The number of nitrogens with one attached hydrogen (secondary N) is 1. The van der Waals surface area contributed by atoms with E-state index in [4.69, 9.17) is 4.74 Å². The Morgan fingerprint density at radius 2 is 2.21 bits per heavy atom. The molecule has 0 spiro atoms. The molecule has 1 aliphatic rings. The second-order valence-corrected chi connectivity index (χ2v) is 6.36. The first kappa shape index (κ1) is 16.3. The Labute approximate surface area is 141 Å². The number of hydrogen-bond acceptors (Lipinski definition) is 7. The van der Waals surface area contributed by atoms with Crippen molar-refractivity contribution in [2.24, 2.45) is 0 Å². The van der Waals surface area contributed by atoms with Crippen molar-refractivity contribution in [3.8, 4) is 0 Å². The Morgan fingerprint density at radius 3 is 2.92 bits per heavy atom. The molecule has 1 amide bonds. The molecule has 0 aliphatic heterocycles. The Balaban J connectivity index is 1.64. The standard InChI is InChI=1S/C15H16N4O4S/c1-2-23-14(22)11-7-16-15(24-11)17-12(20)8-19-13(21)6-5-10(18-19)9-3-4-9/h5-7,9H,2-4,8H2,1H3,(H,16,17,20). The van der Waals surface area contributed by atoms with Crippen molar-refractivity contribution in [1.82, 2.24) is 14.8 Å². The molecule has 126 valence electrons. The van der Waals surface area contributed by atoms with Crippen molar-refractivity contribution in [3.05, 3.63) is 39.3 Å². The van der Waals surface area contributed by atoms with Crippen molar-refractivity contribution in [1.29, 1.82) is 0 Å². The highest BCUT2D eigenvalue weighted by Gasteiger charge is 2.25. The second kappa shape index (κ2) is 6.91. The van der Waals surface area contributed by atoms with Gasteiger partial charge in [0.05, 0.1) is 18.5 Å². The fourth-order valence-corrected chi connectivity index (χ4v) is 2.82. The van der Waals surface area contributed by atoms with E-state index in [0.717, 1.165) is 34.6 Å². The molecule has 3 rings (SSSR count). The highest BCUT2D eigenvalue weighted by atomic mass is 32.1. The predicted molar refractivity (Wildman–Crippen MR) is 87.2 cm³/mol. The summed E-state index contributed by atoms with van der Waals surface area (Å²) >= 11 is 1.02. The lowest BCUT2D eigenvalue weighted by Gasteiger charge is -2.06. The zero-order chi connectivity index (χ0) is 17.1. The lowest BCUT2D eigenvalue weighted by atomic mass is 10.3. The SMILES string of the molecule is CCOC(=O)c1cnc(NC(=O)Cn2nc(C3CC3)ccc2=O)s1. The molecule has 0 aromatic carbocycles. The van der Waals surface area contributed by atoms with Gasteiger partial charge in [-0.2, -0.15) is 5.10 Å². The van der Waals surface area contributed by atoms with Crippen LogP contribution in [0, 0.1) is 0 Å². The molecule has 1 fully saturated rings. The topological polar surface area (TPSA) is 103 Å². The summed E-state index contributed by atoms with van der Waals surface area (Å²) in [5.41, 5.74) is 0.502. The minimum Gasteiger partial charge on any atom is -0.462 e. The van der Waals surface area contributed by atoms with Crippen LogP contribution < -0.4 is 10.9 Å². The van der Waals surface area contributed by atoms with Crippen LogP contribution in [-0.2, 0) is 16.1 Å². The van der Waals surface area contributed by atoms with Crippen molar-refractivity contribution in [2.45, 2.75) is 32.2 Å². The number of carbonyl (C=O) groups excluding carboxylic acids is 2. The van der Waals surface area contributed by atoms with E-state index in [0.29, 0.717) is 10.8 Å². The number of aromatic nitrogens is 3. The smallest absolute Gasteiger partial charge is 0.350 e. The fraction of sp³-hybridized carbons (Fsp3) is 0.400. The van der Waals surface area contributed by atoms with Gasteiger partial charge < -0.3 is 10.1 Å². The zero-order valence-corrected chi connectivity index (χ0v) is 13.8. The number of amides is 1. The van der Waals surface area contributed by atoms with Crippen LogP contribution in [0.4, 0.5) is 5.13 Å². The predicted octanol–water partition coefficient (Wildman–Crippen LogP) is 1.39. The van der Waals surface area contributed by atoms with Crippen LogP contribution in [-0.4, -0.2) is 33.2 Å². The maximum absolute atomic E-state index is 12.1. The first-order valence-electron chi connectivity index (χ1n) is 7.57. The number of esters is 1. The normalized spacial score (nSPS) is 13.5. The van der Waals surface area contributed by atoms with E-state index >= 15 is 0 Å². The molecule has 2 aromatic heterocycles. The largest absolute Gasteiger partial charge is 0.462 e. The minimum absolute atomic E-state index is 0.201. The molecular weight excluding hydrogens is 332 g/mol. The van der Waals surface area contributed by atoms with E-state index < -0.39 is 11.9 Å². The van der Waals surface area contributed by atoms with Crippen LogP contribution in [0.15, 0.2) is 23.1 Å². The molecule has 9 heteroatoms. The van der Waals surface area contributed by atoms with Gasteiger partial charge in [0.1, 0.15) is 11.4 Å². The van der Waals surface area contributed by atoms with Gasteiger partial charge in [-0.3, -0.25) is 9.59 Å². The number of ether oxygens (including phenoxy) is 1. The summed E-state index contributed by atoms with van der Waals surface area (Å²) in [6, 6.07) is 3.14. The molecule has 1 saturated carbocycles. The quantitative estimate of drug-likeness (QED) is 0.791. The molecule has 0 atom stereocenters. The molecule has 0 saturated heterocycles. The second-order valence-electron chi connectivity index (χ2n) is 5.33. The Bertz CT molecular complexity index is 825. The van der Waals surface area contributed by atoms with Crippen molar-refractivity contribution in [2.75, 3.05) is 11.9 Å². The monoisotopic (exact) mass is 348 g/mol. The maximum atomic E-state index is 12.1. The van der Waals surface area contributed by atoms with Crippen LogP contribution in [0.1, 0.15) is 41.0 Å². The van der Waals surface area contributed by atoms with Gasteiger partial charge in [0.15, 0.2) is 5.13 Å². The number of rotatable bonds is 6. The molecule has 1 aliphatic carbocycles. The summed E-state index contributed by atoms with van der Waals surface area (Å²) in [5, 5.41) is 7.06. The summed E-state index contributed by atoms with van der Waals surface area (Å²) in [4.78, 5) is 39.7. The summed E-state index contributed by atoms with van der Waals surface area (Å²) in [6.45, 7) is 1.78. The molecule has 24 heavy (non-hydrogen) atoms. The first-order chi connectivity index (χ1) is 11.6. The van der Waals surface area contributed by atoms with Gasteiger partial charge in [-0.1, -0.05) is 11.3 Å². The third-order valence-corrected chi connectivity index (χ3v) is 4.30. The van der Waals surface area contributed by atoms with E-state index in [1.165, 1.54) is 12.3 Å². The number of anilines is 1. The van der Waals surface area contributed by atoms with E-state index in [1.807, 2.05) is 0 Å². The third-order valence-electron chi connectivity index (χ3n) is 3.40. The molecule has 2 heterocycles. The lowest BCUT2D eigenvalue weighted by molar-refractivity contribution is -0.117. The Kier molecular flexibility index (Phi) is 4.70. The maximum Gasteiger partial charge on any atom is 0.350 e. The summed E-state index contributed by atoms with van der Waals surface area (Å²) in [6.07, 6.45) is 3.47. The molecule has 0 unspecified atom stereocenters. The molecule has 1 N–H and O–H groups in total. The van der Waals surface area contributed by atoms with Crippen molar-refractivity contribution in [3.63, 3.8) is 0 Å². The summed E-state index contributed by atoms with van der Waals surface area (Å²) < 4.78 is 6.00. The molecule has 8 nitrogen and oxygen atoms in total. The number of carbonyl (C=O) groups is 2. The highest BCUT2D eigenvalue weighted by Crippen LogP contribution is 2.38. The first-order valence-corrected chi connectivity index (χ1v) is 8.39. The number of nitrogens with zero attached hydrogens (tertiary/aromatic N) is 3. The average molecular weight is 348 g/mol. The van der Waals surface area contributed by atoms with E-state index in [-0.39, 0.29) is 23.8 Å². The van der Waals surface area contributed by atoms with Gasteiger partial charge in [0.25, 0.3) is 5.56 Å². The number of hydrogen-bond donors (Lipinski definition) is 1. The van der Waals surface area contributed by atoms with Crippen molar-refractivity contribution >= 4 is 28.3 Å². The molecular formula is C15H16N4O4S. The Morgan fingerprint density at radius 1 is 1.42 bits per heavy atom. The lowest BCUT2D eigenvalue weighted by Crippen LogP contribution is -2.29. The summed E-state index contributed by atoms with van der Waals surface area (Å²) in [7, 11) is 0. The van der Waals surface area contributed by atoms with Gasteiger partial charge in [-0.05, 0) is 25.8 Å². The van der Waals surface area contributed by atoms with Gasteiger partial charge in [-0.25, -0.2) is 14.5 Å². The van der Waals surface area contributed by atoms with Gasteiger partial charge >= 0.3 is 5.97 Å². The number of thiazole rings is 1. The van der Waals surface area contributed by atoms with Crippen LogP contribution in [0.2, 0.25) is 0 Å². The van der Waals surface area contributed by atoms with Crippen LogP contribution in [0.5, 0.6) is 0 Å². The fourth-order valence-electron chi connectivity index (χ4n) is 2.10. The van der Waals surface area contributed by atoms with E-state index in [2.05, 4.69) is 15.4 Å². The van der Waals surface area contributed by atoms with Gasteiger partial charge in [-0.15, -0.1) is 0 Å². The van der Waals surface area contributed by atoms with Crippen LogP contribution >= 0.6 is 11.3 Å². The average Bonchev–Trinajstić information content (AvgIpc) is 3.29. The van der Waals surface area contributed by atoms with Gasteiger partial charge in [0.2, 0.25) is 5.91 Å². The van der Waals surface area contributed by atoms with E-state index in [1.54, 1.807) is 13.0 Å². The van der Waals surface area contributed by atoms with Crippen LogP contribution in [0.25, 0.3) is 0 Å². The van der Waals surface area contributed by atoms with Gasteiger partial charge in [0, 0.05) is 12.0 Å². The zero-order valence-electron chi connectivity index (χ0n) is 13.0. The molecule has 0 radical (unpaired) electrons. The van der Waals surface area contributed by atoms with E-state index in [9.17, 15) is 14.4 Å². The molecule has 0 bridgehead atoms. The molecule has 2 aromatic rings. The van der Waals surface area contributed by atoms with Crippen LogP contribution in [0.3, 0.4) is 0 Å². The Hall–Kier alpha value is -2.55. The highest BCUT2D eigenvalue weighted by molar-refractivity contribution is 7.17. The third kappa shape index (κ3) is 3.85.